The number of hydrogen-bond acceptors (Lipinski definition) is 8. The van der Waals surface area contributed by atoms with Crippen molar-refractivity contribution in [2.24, 2.45) is 0 Å². The Bertz CT molecular complexity index is 1620. The summed E-state index contributed by atoms with van der Waals surface area (Å²) in [7, 11) is 1.19. The highest BCUT2D eigenvalue weighted by molar-refractivity contribution is 7.45. The Hall–Kier alpha value is -2.03. The van der Waals surface area contributed by atoms with Gasteiger partial charge in [-0.25, -0.2) is 0 Å². The molecule has 0 aromatic rings. The van der Waals surface area contributed by atoms with E-state index in [1.54, 1.807) is 0 Å². The van der Waals surface area contributed by atoms with Gasteiger partial charge in [0.05, 0.1) is 27.7 Å². The van der Waals surface area contributed by atoms with Crippen molar-refractivity contribution in [3.05, 3.63) is 48.6 Å². The largest absolute Gasteiger partial charge is 0.756 e. The number of rotatable bonds is 72. The summed E-state index contributed by atoms with van der Waals surface area (Å²) < 4.78 is 34.4. The Balaban J connectivity index is 3.90. The van der Waals surface area contributed by atoms with Gasteiger partial charge in [-0.1, -0.05) is 371 Å². The van der Waals surface area contributed by atoms with E-state index < -0.39 is 26.5 Å². The first-order valence-corrected chi connectivity index (χ1v) is 39.8. The highest BCUT2D eigenvalue weighted by Gasteiger charge is 2.22. The van der Waals surface area contributed by atoms with Crippen LogP contribution < -0.4 is 4.89 Å². The molecule has 0 heterocycles. The summed E-state index contributed by atoms with van der Waals surface area (Å²) in [5.74, 6) is -0.807. The van der Waals surface area contributed by atoms with E-state index in [4.69, 9.17) is 18.5 Å². The lowest BCUT2D eigenvalue weighted by Gasteiger charge is -2.28. The van der Waals surface area contributed by atoms with Gasteiger partial charge < -0.3 is 27.9 Å². The van der Waals surface area contributed by atoms with Crippen LogP contribution in [0.5, 0.6) is 0 Å². The number of carbonyl (C=O) groups is 2. The summed E-state index contributed by atoms with van der Waals surface area (Å²) in [5, 5.41) is 0. The van der Waals surface area contributed by atoms with Crippen molar-refractivity contribution in [3.63, 3.8) is 0 Å². The molecule has 0 N–H and O–H groups in total. The second-order valence-electron chi connectivity index (χ2n) is 27.4. The number of unbranched alkanes of at least 4 members (excludes halogenated alkanes) is 50. The average Bonchev–Trinajstić information content (AvgIpc) is 3.68. The zero-order valence-electron chi connectivity index (χ0n) is 59.2. The molecule has 0 saturated carbocycles. The second-order valence-corrected chi connectivity index (χ2v) is 28.8. The summed E-state index contributed by atoms with van der Waals surface area (Å²) in [6, 6.07) is 0. The minimum atomic E-state index is -4.64. The van der Waals surface area contributed by atoms with E-state index in [1.807, 2.05) is 21.1 Å². The lowest BCUT2D eigenvalue weighted by molar-refractivity contribution is -0.870. The molecule has 0 aromatic heterocycles. The molecule has 88 heavy (non-hydrogen) atoms. The summed E-state index contributed by atoms with van der Waals surface area (Å²) >= 11 is 0. The Morgan fingerprint density at radius 1 is 0.364 bits per heavy atom. The minimum absolute atomic E-state index is 0.0270. The third-order valence-electron chi connectivity index (χ3n) is 17.4. The molecule has 0 radical (unpaired) electrons. The highest BCUT2D eigenvalue weighted by Crippen LogP contribution is 2.38. The average molecular weight is 1260 g/mol. The molecule has 0 aliphatic heterocycles. The maximum atomic E-state index is 12.9. The zero-order chi connectivity index (χ0) is 64.1. The van der Waals surface area contributed by atoms with Crippen molar-refractivity contribution in [1.82, 2.24) is 0 Å². The highest BCUT2D eigenvalue weighted by atomic mass is 31.2. The van der Waals surface area contributed by atoms with Crippen LogP contribution in [0, 0.1) is 0 Å². The molecule has 0 aliphatic carbocycles. The van der Waals surface area contributed by atoms with Gasteiger partial charge in [0.2, 0.25) is 0 Å². The first kappa shape index (κ1) is 86.0. The van der Waals surface area contributed by atoms with Crippen molar-refractivity contribution in [2.45, 2.75) is 392 Å². The van der Waals surface area contributed by atoms with E-state index in [9.17, 15) is 19.0 Å². The molecular formula is C78H148NO8P. The van der Waals surface area contributed by atoms with E-state index in [-0.39, 0.29) is 32.0 Å². The number of carbonyl (C=O) groups excluding carboxylic acids is 2. The Labute approximate surface area is 547 Å². The second kappa shape index (κ2) is 69.3. The molecule has 0 amide bonds. The lowest BCUT2D eigenvalue weighted by Crippen LogP contribution is -2.37. The van der Waals surface area contributed by atoms with E-state index in [1.165, 1.54) is 295 Å². The molecule has 0 rings (SSSR count). The molecule has 0 aromatic carbocycles. The van der Waals surface area contributed by atoms with Gasteiger partial charge >= 0.3 is 11.9 Å². The van der Waals surface area contributed by atoms with Crippen molar-refractivity contribution in [2.75, 3.05) is 47.5 Å². The Kier molecular flexibility index (Phi) is 67.7. The number of hydrogen-bond donors (Lipinski definition) is 0. The number of quaternary nitrogens is 1. The normalized spacial score (nSPS) is 13.3. The first-order chi connectivity index (χ1) is 43.0. The molecule has 2 unspecified atom stereocenters. The van der Waals surface area contributed by atoms with Crippen LogP contribution >= 0.6 is 7.82 Å². The van der Waals surface area contributed by atoms with Crippen molar-refractivity contribution < 1.29 is 42.1 Å². The zero-order valence-corrected chi connectivity index (χ0v) is 60.1. The fourth-order valence-corrected chi connectivity index (χ4v) is 12.3. The number of nitrogens with zero attached hydrogens (tertiary/aromatic N) is 1. The maximum Gasteiger partial charge on any atom is 0.306 e. The molecule has 518 valence electrons. The monoisotopic (exact) mass is 1260 g/mol. The number of phosphoric acid groups is 1. The van der Waals surface area contributed by atoms with Crippen LogP contribution in [0.25, 0.3) is 0 Å². The van der Waals surface area contributed by atoms with Gasteiger partial charge in [-0.05, 0) is 51.4 Å². The number of allylic oxidation sites excluding steroid dienone is 8. The van der Waals surface area contributed by atoms with E-state index in [0.717, 1.165) is 57.8 Å². The summed E-state index contributed by atoms with van der Waals surface area (Å²) in [6.45, 7) is 4.21. The molecule has 2 atom stereocenters. The van der Waals surface area contributed by atoms with Crippen molar-refractivity contribution >= 4 is 19.8 Å². The number of ether oxygens (including phenoxy) is 2. The molecule has 10 heteroatoms. The van der Waals surface area contributed by atoms with Crippen LogP contribution in [-0.4, -0.2) is 70.0 Å². The standard InChI is InChI=1S/C78H148NO8P/c1-6-8-10-12-14-16-18-20-22-24-26-28-30-32-33-34-35-36-37-38-39-40-41-42-43-44-45-47-49-51-53-55-57-59-61-63-65-67-69-71-78(81)87-76(75-86-88(82,83)85-73-72-79(3,4)5)74-84-77(80)70-68-66-64-62-60-58-56-54-52-50-48-46-31-29-27-25-23-21-19-17-15-13-11-9-7-2/h8,10,14,16,20,22,26,28,76H,6-7,9,11-13,15,17-19,21,23-25,27,29-75H2,1-5H3/b10-8-,16-14-,22-20-,28-26-. The summed E-state index contributed by atoms with van der Waals surface area (Å²) in [4.78, 5) is 38.1. The Morgan fingerprint density at radius 3 is 0.966 bits per heavy atom. The smallest absolute Gasteiger partial charge is 0.306 e. The molecule has 0 bridgehead atoms. The fraction of sp³-hybridized carbons (Fsp3) is 0.872. The quantitative estimate of drug-likeness (QED) is 0.0195. The van der Waals surface area contributed by atoms with Crippen LogP contribution in [0.1, 0.15) is 386 Å². The van der Waals surface area contributed by atoms with Gasteiger partial charge in [0.15, 0.2) is 6.10 Å². The van der Waals surface area contributed by atoms with Gasteiger partial charge in [0, 0.05) is 12.8 Å². The van der Waals surface area contributed by atoms with Gasteiger partial charge in [-0.3, -0.25) is 14.2 Å². The van der Waals surface area contributed by atoms with Crippen LogP contribution in [0.15, 0.2) is 48.6 Å². The lowest BCUT2D eigenvalue weighted by atomic mass is 10.0. The van der Waals surface area contributed by atoms with Crippen LogP contribution in [0.2, 0.25) is 0 Å². The third-order valence-corrected chi connectivity index (χ3v) is 18.3. The Morgan fingerprint density at radius 2 is 0.648 bits per heavy atom. The SMILES string of the molecule is CC/C=C\C/C=C\C/C=C\C/C=C\CCCCCCCCCCCCCCCCCCCCCCCCCCCCC(=O)OC(COC(=O)CCCCCCCCCCCCCCCCCCCCCCCCCCC)COP(=O)([O-])OCC[N+](C)(C)C. The molecule has 0 aliphatic rings. The minimum Gasteiger partial charge on any atom is -0.756 e. The maximum absolute atomic E-state index is 12.9. The molecule has 9 nitrogen and oxygen atoms in total. The van der Waals surface area contributed by atoms with Gasteiger partial charge in [-0.2, -0.15) is 0 Å². The number of phosphoric ester groups is 1. The fourth-order valence-electron chi connectivity index (χ4n) is 11.5. The van der Waals surface area contributed by atoms with Gasteiger partial charge in [-0.15, -0.1) is 0 Å². The van der Waals surface area contributed by atoms with Crippen LogP contribution in [0.3, 0.4) is 0 Å². The van der Waals surface area contributed by atoms with Crippen LogP contribution in [0.4, 0.5) is 0 Å². The topological polar surface area (TPSA) is 111 Å². The summed E-state index contributed by atoms with van der Waals surface area (Å²) in [5.41, 5.74) is 0. The van der Waals surface area contributed by atoms with E-state index >= 15 is 0 Å². The molecular weight excluding hydrogens is 1110 g/mol. The van der Waals surface area contributed by atoms with Gasteiger partial charge in [0.1, 0.15) is 19.8 Å². The molecule has 0 spiro atoms. The van der Waals surface area contributed by atoms with Crippen LogP contribution in [-0.2, 0) is 32.7 Å². The third kappa shape index (κ3) is 73.0. The molecule has 0 saturated heterocycles. The predicted octanol–water partition coefficient (Wildman–Crippen LogP) is 24.5. The number of esters is 2. The molecule has 0 fully saturated rings. The summed E-state index contributed by atoms with van der Waals surface area (Å²) in [6.07, 6.45) is 90.9. The van der Waals surface area contributed by atoms with E-state index in [0.29, 0.717) is 17.4 Å². The van der Waals surface area contributed by atoms with Gasteiger partial charge in [0.25, 0.3) is 7.82 Å². The van der Waals surface area contributed by atoms with Crippen molar-refractivity contribution in [3.8, 4) is 0 Å². The van der Waals surface area contributed by atoms with Crippen molar-refractivity contribution in [1.29, 1.82) is 0 Å². The number of likely N-dealkylation sites (N-methyl/N-ethyl adjacent to an activating group) is 1. The predicted molar refractivity (Wildman–Crippen MR) is 379 cm³/mol. The first-order valence-electron chi connectivity index (χ1n) is 38.3. The van der Waals surface area contributed by atoms with E-state index in [2.05, 4.69) is 62.5 Å².